The molecule has 0 bridgehead atoms. The summed E-state index contributed by atoms with van der Waals surface area (Å²) in [4.78, 5) is 19.8. The monoisotopic (exact) mass is 279 g/mol. The second kappa shape index (κ2) is 6.23. The highest BCUT2D eigenvalue weighted by Crippen LogP contribution is 2.25. The molecule has 0 radical (unpaired) electrons. The number of hydrogen-bond donors (Lipinski definition) is 0. The van der Waals surface area contributed by atoms with Gasteiger partial charge in [-0.15, -0.1) is 0 Å². The number of aromatic nitrogens is 3. The molecule has 2 rings (SSSR count). The van der Waals surface area contributed by atoms with E-state index in [9.17, 15) is 4.79 Å². The van der Waals surface area contributed by atoms with E-state index in [0.717, 1.165) is 5.39 Å². The zero-order valence-electron chi connectivity index (χ0n) is 11.8. The summed E-state index contributed by atoms with van der Waals surface area (Å²) in [6.45, 7) is 2.65. The average molecular weight is 279 g/mol. The van der Waals surface area contributed by atoms with E-state index in [4.69, 9.17) is 14.2 Å². The van der Waals surface area contributed by atoms with E-state index < -0.39 is 0 Å². The highest BCUT2D eigenvalue weighted by molar-refractivity contribution is 5.82. The van der Waals surface area contributed by atoms with Crippen molar-refractivity contribution >= 4 is 17.0 Å². The first-order chi connectivity index (χ1) is 9.69. The maximum Gasteiger partial charge on any atom is 0.321 e. The molecule has 0 unspecified atom stereocenters. The standard InChI is InChI=1S/C13H17N3O4/c1-4-20-10(17)6-8-16-7-5-9-11(16)14-13(19-3)15-12(9)18-2/h5,7H,4,6,8H2,1-3H3. The Morgan fingerprint density at radius 3 is 2.75 bits per heavy atom. The first-order valence-corrected chi connectivity index (χ1v) is 6.30. The van der Waals surface area contributed by atoms with Crippen molar-refractivity contribution < 1.29 is 19.0 Å². The van der Waals surface area contributed by atoms with Crippen molar-refractivity contribution in [1.29, 1.82) is 0 Å². The number of esters is 1. The number of methoxy groups -OCH3 is 2. The lowest BCUT2D eigenvalue weighted by Crippen LogP contribution is -2.09. The van der Waals surface area contributed by atoms with E-state index in [1.807, 2.05) is 16.8 Å². The number of ether oxygens (including phenoxy) is 3. The van der Waals surface area contributed by atoms with E-state index in [-0.39, 0.29) is 18.4 Å². The van der Waals surface area contributed by atoms with Crippen LogP contribution in [0, 0.1) is 0 Å². The van der Waals surface area contributed by atoms with E-state index in [2.05, 4.69) is 9.97 Å². The van der Waals surface area contributed by atoms with Crippen LogP contribution in [0.1, 0.15) is 13.3 Å². The summed E-state index contributed by atoms with van der Waals surface area (Å²) in [6, 6.07) is 2.07. The summed E-state index contributed by atoms with van der Waals surface area (Å²) in [7, 11) is 3.03. The molecule has 0 fully saturated rings. The Bertz CT molecular complexity index is 609. The van der Waals surface area contributed by atoms with E-state index in [1.165, 1.54) is 14.2 Å². The van der Waals surface area contributed by atoms with Crippen molar-refractivity contribution in [1.82, 2.24) is 14.5 Å². The van der Waals surface area contributed by atoms with Gasteiger partial charge in [0.05, 0.1) is 32.6 Å². The lowest BCUT2D eigenvalue weighted by molar-refractivity contribution is -0.143. The molecule has 0 saturated carbocycles. The molecule has 0 atom stereocenters. The molecular formula is C13H17N3O4. The number of carbonyl (C=O) groups is 1. The summed E-state index contributed by atoms with van der Waals surface area (Å²) in [5.74, 6) is 0.212. The second-order valence-electron chi connectivity index (χ2n) is 4.02. The van der Waals surface area contributed by atoms with E-state index in [1.54, 1.807) is 6.92 Å². The first-order valence-electron chi connectivity index (χ1n) is 6.30. The Labute approximate surface area is 116 Å². The van der Waals surface area contributed by atoms with Gasteiger partial charge in [-0.05, 0) is 13.0 Å². The fourth-order valence-electron chi connectivity index (χ4n) is 1.89. The van der Waals surface area contributed by atoms with Crippen LogP contribution in [-0.2, 0) is 16.1 Å². The fourth-order valence-corrected chi connectivity index (χ4v) is 1.89. The molecule has 7 heteroatoms. The Kier molecular flexibility index (Phi) is 4.39. The molecule has 2 aromatic rings. The molecule has 108 valence electrons. The van der Waals surface area contributed by atoms with E-state index in [0.29, 0.717) is 24.7 Å². The zero-order chi connectivity index (χ0) is 14.5. The average Bonchev–Trinajstić information content (AvgIpc) is 2.87. The molecular weight excluding hydrogens is 262 g/mol. The Morgan fingerprint density at radius 1 is 1.30 bits per heavy atom. The summed E-state index contributed by atoms with van der Waals surface area (Å²) in [5.41, 5.74) is 0.665. The molecule has 0 aliphatic heterocycles. The maximum atomic E-state index is 11.4. The van der Waals surface area contributed by atoms with Gasteiger partial charge in [0.25, 0.3) is 0 Å². The summed E-state index contributed by atoms with van der Waals surface area (Å²) < 4.78 is 17.0. The highest BCUT2D eigenvalue weighted by Gasteiger charge is 2.13. The minimum atomic E-state index is -0.234. The van der Waals surface area contributed by atoms with Gasteiger partial charge >= 0.3 is 12.0 Å². The van der Waals surface area contributed by atoms with Crippen LogP contribution in [0.2, 0.25) is 0 Å². The number of hydrogen-bond acceptors (Lipinski definition) is 6. The number of fused-ring (bicyclic) bond motifs is 1. The van der Waals surface area contributed by atoms with E-state index >= 15 is 0 Å². The molecule has 0 saturated heterocycles. The van der Waals surface area contributed by atoms with Crippen molar-refractivity contribution in [3.63, 3.8) is 0 Å². The zero-order valence-corrected chi connectivity index (χ0v) is 11.8. The van der Waals surface area contributed by atoms with Gasteiger partial charge in [0, 0.05) is 12.7 Å². The molecule has 0 N–H and O–H groups in total. The first kappa shape index (κ1) is 14.1. The molecule has 0 amide bonds. The fraction of sp³-hybridized carbons (Fsp3) is 0.462. The molecule has 0 aliphatic carbocycles. The van der Waals surface area contributed by atoms with Crippen LogP contribution in [0.5, 0.6) is 11.9 Å². The maximum absolute atomic E-state index is 11.4. The number of rotatable bonds is 6. The minimum Gasteiger partial charge on any atom is -0.480 e. The van der Waals surface area contributed by atoms with Gasteiger partial charge < -0.3 is 18.8 Å². The van der Waals surface area contributed by atoms with Crippen molar-refractivity contribution in [3.05, 3.63) is 12.3 Å². The quantitative estimate of drug-likeness (QED) is 0.744. The molecule has 0 aliphatic rings. The van der Waals surface area contributed by atoms with Crippen LogP contribution in [0.3, 0.4) is 0 Å². The van der Waals surface area contributed by atoms with Crippen molar-refractivity contribution in [3.8, 4) is 11.9 Å². The van der Waals surface area contributed by atoms with Crippen molar-refractivity contribution in [2.45, 2.75) is 19.9 Å². The van der Waals surface area contributed by atoms with Gasteiger partial charge in [-0.3, -0.25) is 4.79 Å². The van der Waals surface area contributed by atoms with Gasteiger partial charge in [0.2, 0.25) is 5.88 Å². The van der Waals surface area contributed by atoms with Gasteiger partial charge in [-0.1, -0.05) is 0 Å². The lowest BCUT2D eigenvalue weighted by Gasteiger charge is -2.07. The largest absolute Gasteiger partial charge is 0.480 e. The minimum absolute atomic E-state index is 0.227. The van der Waals surface area contributed by atoms with Gasteiger partial charge in [0.1, 0.15) is 0 Å². The highest BCUT2D eigenvalue weighted by atomic mass is 16.5. The van der Waals surface area contributed by atoms with Gasteiger partial charge in [-0.2, -0.15) is 9.97 Å². The summed E-state index contributed by atoms with van der Waals surface area (Å²) in [5, 5.41) is 0.775. The van der Waals surface area contributed by atoms with Crippen molar-refractivity contribution in [2.24, 2.45) is 0 Å². The predicted molar refractivity (Wildman–Crippen MR) is 71.9 cm³/mol. The van der Waals surface area contributed by atoms with Gasteiger partial charge in [-0.25, -0.2) is 0 Å². The van der Waals surface area contributed by atoms with Crippen LogP contribution in [0.15, 0.2) is 12.3 Å². The second-order valence-corrected chi connectivity index (χ2v) is 4.02. The number of carbonyl (C=O) groups excluding carboxylic acids is 1. The smallest absolute Gasteiger partial charge is 0.321 e. The topological polar surface area (TPSA) is 75.5 Å². The Hall–Kier alpha value is -2.31. The molecule has 2 aromatic heterocycles. The lowest BCUT2D eigenvalue weighted by atomic mass is 10.4. The van der Waals surface area contributed by atoms with Gasteiger partial charge in [0.15, 0.2) is 5.65 Å². The van der Waals surface area contributed by atoms with Crippen LogP contribution in [0.25, 0.3) is 11.0 Å². The predicted octanol–water partition coefficient (Wildman–Crippen LogP) is 1.40. The molecule has 2 heterocycles. The Balaban J connectivity index is 2.28. The summed E-state index contributed by atoms with van der Waals surface area (Å²) in [6.07, 6.45) is 2.12. The number of nitrogens with zero attached hydrogens (tertiary/aromatic N) is 3. The summed E-state index contributed by atoms with van der Waals surface area (Å²) >= 11 is 0. The SMILES string of the molecule is CCOC(=O)CCn1ccc2c(OC)nc(OC)nc21. The van der Waals surface area contributed by atoms with Crippen LogP contribution in [0.4, 0.5) is 0 Å². The third-order valence-corrected chi connectivity index (χ3v) is 2.80. The molecule has 0 spiro atoms. The number of aryl methyl sites for hydroxylation is 1. The third kappa shape index (κ3) is 2.81. The van der Waals surface area contributed by atoms with Crippen molar-refractivity contribution in [2.75, 3.05) is 20.8 Å². The molecule has 0 aromatic carbocycles. The van der Waals surface area contributed by atoms with Crippen LogP contribution >= 0.6 is 0 Å². The normalized spacial score (nSPS) is 10.6. The van der Waals surface area contributed by atoms with Crippen LogP contribution < -0.4 is 9.47 Å². The van der Waals surface area contributed by atoms with Crippen LogP contribution in [-0.4, -0.2) is 41.3 Å². The Morgan fingerprint density at radius 2 is 2.10 bits per heavy atom. The third-order valence-electron chi connectivity index (χ3n) is 2.80. The molecule has 20 heavy (non-hydrogen) atoms. The molecule has 7 nitrogen and oxygen atoms in total.